The molecule has 0 N–H and O–H groups in total. The van der Waals surface area contributed by atoms with Crippen molar-refractivity contribution < 1.29 is 18.3 Å². The summed E-state index contributed by atoms with van der Waals surface area (Å²) in [6, 6.07) is 4.52. The second-order valence-corrected chi connectivity index (χ2v) is 2.85. The van der Waals surface area contributed by atoms with Crippen molar-refractivity contribution in [1.29, 1.82) is 0 Å². The summed E-state index contributed by atoms with van der Waals surface area (Å²) < 4.78 is 29.1. The van der Waals surface area contributed by atoms with Crippen molar-refractivity contribution in [1.82, 2.24) is 0 Å². The monoisotopic (exact) mass is 200 g/mol. The zero-order valence-electron chi connectivity index (χ0n) is 7.88. The number of aryl methyl sites for hydroxylation is 1. The molecule has 4 heteroatoms. The Kier molecular flexibility index (Phi) is 3.17. The van der Waals surface area contributed by atoms with Crippen LogP contribution in [0.3, 0.4) is 0 Å². The summed E-state index contributed by atoms with van der Waals surface area (Å²) >= 11 is 0. The van der Waals surface area contributed by atoms with E-state index in [9.17, 15) is 13.6 Å². The first kappa shape index (κ1) is 10.6. The minimum atomic E-state index is -2.97. The highest BCUT2D eigenvalue weighted by Crippen LogP contribution is 2.19. The van der Waals surface area contributed by atoms with Crippen LogP contribution in [0.4, 0.5) is 8.78 Å². The lowest BCUT2D eigenvalue weighted by Crippen LogP contribution is -2.11. The Morgan fingerprint density at radius 1 is 1.43 bits per heavy atom. The number of halogens is 2. The first-order valence-corrected chi connectivity index (χ1v) is 4.03. The van der Waals surface area contributed by atoms with Crippen LogP contribution in [0.5, 0.6) is 5.75 Å². The number of methoxy groups -OCH3 is 1. The van der Waals surface area contributed by atoms with Gasteiger partial charge in [-0.2, -0.15) is 0 Å². The first-order valence-electron chi connectivity index (χ1n) is 4.03. The number of carbonyl (C=O) groups is 1. The SMILES string of the molecule is COc1ccc(C)c(C(=O)C(F)F)c1. The van der Waals surface area contributed by atoms with E-state index in [2.05, 4.69) is 0 Å². The number of hydrogen-bond donors (Lipinski definition) is 0. The Hall–Kier alpha value is -1.45. The van der Waals surface area contributed by atoms with Crippen LogP contribution in [0.1, 0.15) is 15.9 Å². The molecule has 0 spiro atoms. The standard InChI is InChI=1S/C10H10F2O2/c1-6-3-4-7(14-2)5-8(6)9(13)10(11)12/h3-5,10H,1-2H3. The lowest BCUT2D eigenvalue weighted by atomic mass is 10.0. The maximum absolute atomic E-state index is 12.1. The second kappa shape index (κ2) is 4.17. The number of alkyl halides is 2. The molecule has 0 saturated carbocycles. The Morgan fingerprint density at radius 2 is 2.07 bits per heavy atom. The van der Waals surface area contributed by atoms with Gasteiger partial charge in [-0.1, -0.05) is 6.07 Å². The smallest absolute Gasteiger partial charge is 0.300 e. The molecule has 0 aliphatic carbocycles. The lowest BCUT2D eigenvalue weighted by molar-refractivity contribution is 0.0677. The molecule has 0 atom stereocenters. The summed E-state index contributed by atoms with van der Waals surface area (Å²) in [4.78, 5) is 11.0. The molecule has 0 unspecified atom stereocenters. The number of rotatable bonds is 3. The molecule has 0 aromatic heterocycles. The molecule has 0 fully saturated rings. The summed E-state index contributed by atoms with van der Waals surface area (Å²) in [5.41, 5.74) is 0.537. The molecule has 0 aliphatic rings. The topological polar surface area (TPSA) is 26.3 Å². The maximum Gasteiger partial charge on any atom is 0.300 e. The summed E-state index contributed by atoms with van der Waals surface area (Å²) in [6.45, 7) is 1.61. The fourth-order valence-electron chi connectivity index (χ4n) is 1.11. The summed E-state index contributed by atoms with van der Waals surface area (Å²) in [7, 11) is 1.42. The number of carbonyl (C=O) groups excluding carboxylic acids is 1. The minimum Gasteiger partial charge on any atom is -0.497 e. The average Bonchev–Trinajstić information content (AvgIpc) is 2.17. The highest BCUT2D eigenvalue weighted by atomic mass is 19.3. The van der Waals surface area contributed by atoms with Crippen LogP contribution < -0.4 is 4.74 Å². The summed E-state index contributed by atoms with van der Waals surface area (Å²) in [5, 5.41) is 0. The van der Waals surface area contributed by atoms with Crippen molar-refractivity contribution in [3.63, 3.8) is 0 Å². The van der Waals surface area contributed by atoms with Crippen molar-refractivity contribution in [3.05, 3.63) is 29.3 Å². The fraction of sp³-hybridized carbons (Fsp3) is 0.300. The number of Topliss-reactive ketones (excluding diaryl/α,β-unsaturated/α-hetero) is 1. The van der Waals surface area contributed by atoms with E-state index < -0.39 is 12.2 Å². The van der Waals surface area contributed by atoms with E-state index in [0.717, 1.165) is 0 Å². The number of hydrogen-bond acceptors (Lipinski definition) is 2. The molecule has 0 aliphatic heterocycles. The van der Waals surface area contributed by atoms with Gasteiger partial charge in [-0.05, 0) is 24.6 Å². The molecule has 76 valence electrons. The van der Waals surface area contributed by atoms with Gasteiger partial charge < -0.3 is 4.74 Å². The molecule has 0 heterocycles. The molecule has 0 radical (unpaired) electrons. The Balaban J connectivity index is 3.12. The molecule has 1 aromatic rings. The highest BCUT2D eigenvalue weighted by molar-refractivity contribution is 6.00. The third kappa shape index (κ3) is 2.07. The maximum atomic E-state index is 12.1. The van der Waals surface area contributed by atoms with E-state index in [4.69, 9.17) is 4.74 Å². The summed E-state index contributed by atoms with van der Waals surface area (Å²) in [5.74, 6) is -0.763. The Morgan fingerprint density at radius 3 is 2.57 bits per heavy atom. The van der Waals surface area contributed by atoms with Gasteiger partial charge in [0.2, 0.25) is 5.78 Å². The Bertz CT molecular complexity index is 348. The van der Waals surface area contributed by atoms with Gasteiger partial charge in [-0.15, -0.1) is 0 Å². The van der Waals surface area contributed by atoms with E-state index in [-0.39, 0.29) is 5.56 Å². The molecule has 1 rings (SSSR count). The van der Waals surface area contributed by atoms with E-state index in [0.29, 0.717) is 11.3 Å². The van der Waals surface area contributed by atoms with Crippen molar-refractivity contribution in [3.8, 4) is 5.75 Å². The predicted molar refractivity (Wildman–Crippen MR) is 48.1 cm³/mol. The number of ketones is 1. The largest absolute Gasteiger partial charge is 0.497 e. The van der Waals surface area contributed by atoms with Crippen LogP contribution in [0.15, 0.2) is 18.2 Å². The molecule has 0 amide bonds. The lowest BCUT2D eigenvalue weighted by Gasteiger charge is -2.06. The number of ether oxygens (including phenoxy) is 1. The second-order valence-electron chi connectivity index (χ2n) is 2.85. The third-order valence-corrected chi connectivity index (χ3v) is 1.91. The van der Waals surface area contributed by atoms with Gasteiger partial charge >= 0.3 is 6.43 Å². The van der Waals surface area contributed by atoms with Gasteiger partial charge in [0.25, 0.3) is 0 Å². The fourth-order valence-corrected chi connectivity index (χ4v) is 1.11. The molecule has 2 nitrogen and oxygen atoms in total. The molecular formula is C10H10F2O2. The zero-order chi connectivity index (χ0) is 10.7. The van der Waals surface area contributed by atoms with Crippen LogP contribution >= 0.6 is 0 Å². The van der Waals surface area contributed by atoms with Crippen molar-refractivity contribution >= 4 is 5.78 Å². The third-order valence-electron chi connectivity index (χ3n) is 1.91. The average molecular weight is 200 g/mol. The van der Waals surface area contributed by atoms with Crippen molar-refractivity contribution in [2.75, 3.05) is 7.11 Å². The van der Waals surface area contributed by atoms with Gasteiger partial charge in [0.15, 0.2) is 0 Å². The zero-order valence-corrected chi connectivity index (χ0v) is 7.88. The van der Waals surface area contributed by atoms with Crippen molar-refractivity contribution in [2.24, 2.45) is 0 Å². The van der Waals surface area contributed by atoms with Crippen LogP contribution in [0, 0.1) is 6.92 Å². The van der Waals surface area contributed by atoms with Gasteiger partial charge in [-0.25, -0.2) is 8.78 Å². The molecule has 1 aromatic carbocycles. The van der Waals surface area contributed by atoms with E-state index >= 15 is 0 Å². The predicted octanol–water partition coefficient (Wildman–Crippen LogP) is 2.45. The van der Waals surface area contributed by atoms with Crippen LogP contribution in [-0.2, 0) is 0 Å². The molecular weight excluding hydrogens is 190 g/mol. The Labute approximate surface area is 80.5 Å². The molecule has 14 heavy (non-hydrogen) atoms. The first-order chi connectivity index (χ1) is 6.56. The van der Waals surface area contributed by atoms with E-state index in [1.54, 1.807) is 19.1 Å². The van der Waals surface area contributed by atoms with E-state index in [1.807, 2.05) is 0 Å². The van der Waals surface area contributed by atoms with Crippen molar-refractivity contribution in [2.45, 2.75) is 13.3 Å². The normalized spacial score (nSPS) is 10.4. The number of benzene rings is 1. The minimum absolute atomic E-state index is 0.0133. The summed E-state index contributed by atoms with van der Waals surface area (Å²) in [6.07, 6.45) is -2.97. The van der Waals surface area contributed by atoms with Gasteiger partial charge in [0.05, 0.1) is 7.11 Å². The quantitative estimate of drug-likeness (QED) is 0.700. The highest BCUT2D eigenvalue weighted by Gasteiger charge is 2.19. The molecule has 0 saturated heterocycles. The van der Waals surface area contributed by atoms with Gasteiger partial charge in [-0.3, -0.25) is 4.79 Å². The van der Waals surface area contributed by atoms with Gasteiger partial charge in [0.1, 0.15) is 5.75 Å². The van der Waals surface area contributed by atoms with E-state index in [1.165, 1.54) is 13.2 Å². The molecule has 0 bridgehead atoms. The van der Waals surface area contributed by atoms with Crippen LogP contribution in [0.2, 0.25) is 0 Å². The van der Waals surface area contributed by atoms with Gasteiger partial charge in [0, 0.05) is 5.56 Å². The van der Waals surface area contributed by atoms with Crippen LogP contribution in [0.25, 0.3) is 0 Å². The van der Waals surface area contributed by atoms with Crippen LogP contribution in [-0.4, -0.2) is 19.3 Å².